The van der Waals surface area contributed by atoms with Gasteiger partial charge in [0.15, 0.2) is 0 Å². The van der Waals surface area contributed by atoms with Gasteiger partial charge in [-0.3, -0.25) is 0 Å². The number of hydrogen-bond acceptors (Lipinski definition) is 4. The zero-order valence-corrected chi connectivity index (χ0v) is 17.6. The van der Waals surface area contributed by atoms with Gasteiger partial charge in [0.05, 0.1) is 17.5 Å². The van der Waals surface area contributed by atoms with Crippen LogP contribution in [0.1, 0.15) is 17.5 Å². The lowest BCUT2D eigenvalue weighted by Crippen LogP contribution is -2.47. The summed E-state index contributed by atoms with van der Waals surface area (Å²) in [7, 11) is 1.35. The van der Waals surface area contributed by atoms with Crippen molar-refractivity contribution >= 4 is 16.1 Å². The average Bonchev–Trinajstić information content (AvgIpc) is 3.23. The van der Waals surface area contributed by atoms with E-state index in [0.29, 0.717) is 24.4 Å². The predicted molar refractivity (Wildman–Crippen MR) is 109 cm³/mol. The van der Waals surface area contributed by atoms with E-state index in [1.807, 2.05) is 36.4 Å². The average molecular weight is 416 g/mol. The maximum atomic E-state index is 13.5. The van der Waals surface area contributed by atoms with Crippen molar-refractivity contribution in [3.8, 4) is 5.75 Å². The van der Waals surface area contributed by atoms with Crippen molar-refractivity contribution in [3.05, 3.63) is 59.7 Å². The molecule has 1 atom stereocenters. The first-order valence-electron chi connectivity index (χ1n) is 9.51. The van der Waals surface area contributed by atoms with Crippen LogP contribution in [-0.4, -0.2) is 62.8 Å². The van der Waals surface area contributed by atoms with Gasteiger partial charge in [-0.1, -0.05) is 30.3 Å². The highest BCUT2D eigenvalue weighted by Crippen LogP contribution is 2.50. The third-order valence-electron chi connectivity index (χ3n) is 5.82. The minimum atomic E-state index is -3.67. The SMILES string of the molecule is COc1ccc(CN2C3(CCN(C(=O)N(C)C)C3)c3ccccc3S2(=O)=O)cc1. The van der Waals surface area contributed by atoms with Gasteiger partial charge in [-0.25, -0.2) is 13.2 Å². The number of urea groups is 1. The number of carbonyl (C=O) groups is 1. The molecule has 2 aliphatic rings. The summed E-state index contributed by atoms with van der Waals surface area (Å²) in [6.45, 7) is 1.10. The molecular weight excluding hydrogens is 390 g/mol. The van der Waals surface area contributed by atoms with Gasteiger partial charge in [-0.2, -0.15) is 4.31 Å². The molecule has 1 fully saturated rings. The van der Waals surface area contributed by atoms with E-state index in [1.165, 1.54) is 4.90 Å². The number of fused-ring (bicyclic) bond motifs is 2. The topological polar surface area (TPSA) is 70.2 Å². The molecule has 0 N–H and O–H groups in total. The Labute approximate surface area is 171 Å². The monoisotopic (exact) mass is 415 g/mol. The second kappa shape index (κ2) is 7.03. The van der Waals surface area contributed by atoms with E-state index >= 15 is 0 Å². The Balaban J connectivity index is 1.76. The van der Waals surface area contributed by atoms with Crippen molar-refractivity contribution in [2.45, 2.75) is 23.4 Å². The van der Waals surface area contributed by atoms with E-state index in [4.69, 9.17) is 4.74 Å². The van der Waals surface area contributed by atoms with Gasteiger partial charge in [-0.05, 0) is 35.7 Å². The maximum Gasteiger partial charge on any atom is 0.319 e. The quantitative estimate of drug-likeness (QED) is 0.772. The lowest BCUT2D eigenvalue weighted by Gasteiger charge is -2.34. The predicted octanol–water partition coefficient (Wildman–Crippen LogP) is 2.48. The normalized spacial score (nSPS) is 22.7. The number of rotatable bonds is 3. The Kier molecular flexibility index (Phi) is 4.78. The number of ether oxygens (including phenoxy) is 1. The van der Waals surface area contributed by atoms with Crippen molar-refractivity contribution < 1.29 is 17.9 Å². The van der Waals surface area contributed by atoms with Crippen LogP contribution in [-0.2, 0) is 22.1 Å². The Bertz CT molecular complexity index is 1040. The highest BCUT2D eigenvalue weighted by Gasteiger charge is 2.57. The molecule has 0 aliphatic carbocycles. The van der Waals surface area contributed by atoms with E-state index in [-0.39, 0.29) is 12.6 Å². The zero-order valence-electron chi connectivity index (χ0n) is 16.8. The van der Waals surface area contributed by atoms with E-state index in [2.05, 4.69) is 0 Å². The molecule has 1 unspecified atom stereocenters. The van der Waals surface area contributed by atoms with Crippen LogP contribution >= 0.6 is 0 Å². The smallest absolute Gasteiger partial charge is 0.319 e. The Morgan fingerprint density at radius 3 is 2.48 bits per heavy atom. The first-order chi connectivity index (χ1) is 13.8. The minimum Gasteiger partial charge on any atom is -0.497 e. The summed E-state index contributed by atoms with van der Waals surface area (Å²) in [6.07, 6.45) is 0.568. The molecule has 2 heterocycles. The molecule has 0 saturated carbocycles. The summed E-state index contributed by atoms with van der Waals surface area (Å²) in [6, 6.07) is 14.5. The van der Waals surface area contributed by atoms with Crippen LogP contribution in [0, 0.1) is 0 Å². The molecule has 4 rings (SSSR count). The number of nitrogens with zero attached hydrogens (tertiary/aromatic N) is 3. The molecule has 29 heavy (non-hydrogen) atoms. The molecule has 8 heteroatoms. The number of hydrogen-bond donors (Lipinski definition) is 0. The third kappa shape index (κ3) is 3.07. The highest BCUT2D eigenvalue weighted by molar-refractivity contribution is 7.89. The molecule has 1 saturated heterocycles. The van der Waals surface area contributed by atoms with Gasteiger partial charge in [0.1, 0.15) is 5.75 Å². The van der Waals surface area contributed by atoms with E-state index in [1.54, 1.807) is 42.5 Å². The van der Waals surface area contributed by atoms with E-state index < -0.39 is 15.6 Å². The van der Waals surface area contributed by atoms with E-state index in [0.717, 1.165) is 16.9 Å². The Hall–Kier alpha value is -2.58. The van der Waals surface area contributed by atoms with Crippen molar-refractivity contribution in [2.24, 2.45) is 0 Å². The number of sulfonamides is 1. The number of methoxy groups -OCH3 is 1. The third-order valence-corrected chi connectivity index (χ3v) is 7.79. The van der Waals surface area contributed by atoms with Gasteiger partial charge in [0, 0.05) is 33.7 Å². The molecule has 0 bridgehead atoms. The molecule has 1 spiro atoms. The fourth-order valence-corrected chi connectivity index (χ4v) is 6.41. The second-order valence-corrected chi connectivity index (χ2v) is 9.57. The first-order valence-corrected chi connectivity index (χ1v) is 10.9. The van der Waals surface area contributed by atoms with Crippen molar-refractivity contribution in [2.75, 3.05) is 34.3 Å². The molecule has 154 valence electrons. The van der Waals surface area contributed by atoms with Crippen LogP contribution < -0.4 is 4.74 Å². The molecule has 0 radical (unpaired) electrons. The van der Waals surface area contributed by atoms with Gasteiger partial charge < -0.3 is 14.5 Å². The van der Waals surface area contributed by atoms with E-state index in [9.17, 15) is 13.2 Å². The van der Waals surface area contributed by atoms with Crippen molar-refractivity contribution in [1.29, 1.82) is 0 Å². The fourth-order valence-electron chi connectivity index (χ4n) is 4.36. The van der Waals surface area contributed by atoms with Crippen LogP contribution in [0.2, 0.25) is 0 Å². The van der Waals surface area contributed by atoms with Crippen LogP contribution in [0.15, 0.2) is 53.4 Å². The standard InChI is InChI=1S/C21H25N3O4S/c1-22(2)20(25)23-13-12-21(15-23)18-6-4-5-7-19(18)29(26,27)24(21)14-16-8-10-17(28-3)11-9-16/h4-11H,12-15H2,1-3H3. The number of benzene rings is 2. The number of carbonyl (C=O) groups excluding carboxylic acids is 1. The molecule has 2 aromatic rings. The Morgan fingerprint density at radius 1 is 1.14 bits per heavy atom. The molecule has 2 aliphatic heterocycles. The number of likely N-dealkylation sites (tertiary alicyclic amines) is 1. The summed E-state index contributed by atoms with van der Waals surface area (Å²) < 4.78 is 33.7. The number of amides is 2. The summed E-state index contributed by atoms with van der Waals surface area (Å²) >= 11 is 0. The van der Waals surface area contributed by atoms with Crippen LogP contribution in [0.3, 0.4) is 0 Å². The van der Waals surface area contributed by atoms with Gasteiger partial charge in [-0.15, -0.1) is 0 Å². The summed E-state index contributed by atoms with van der Waals surface area (Å²) in [5, 5.41) is 0. The maximum absolute atomic E-state index is 13.5. The van der Waals surface area contributed by atoms with Gasteiger partial charge in [0.2, 0.25) is 10.0 Å². The van der Waals surface area contributed by atoms with Crippen LogP contribution in [0.5, 0.6) is 5.75 Å². The molecular formula is C21H25N3O4S. The molecule has 0 aromatic heterocycles. The molecule has 7 nitrogen and oxygen atoms in total. The van der Waals surface area contributed by atoms with Crippen LogP contribution in [0.25, 0.3) is 0 Å². The molecule has 2 amide bonds. The van der Waals surface area contributed by atoms with Crippen molar-refractivity contribution in [3.63, 3.8) is 0 Å². The zero-order chi connectivity index (χ0) is 20.8. The first kappa shape index (κ1) is 19.7. The largest absolute Gasteiger partial charge is 0.497 e. The second-order valence-electron chi connectivity index (χ2n) is 7.74. The Morgan fingerprint density at radius 2 is 1.83 bits per heavy atom. The summed E-state index contributed by atoms with van der Waals surface area (Å²) in [4.78, 5) is 16.2. The van der Waals surface area contributed by atoms with Gasteiger partial charge in [0.25, 0.3) is 0 Å². The minimum absolute atomic E-state index is 0.104. The van der Waals surface area contributed by atoms with Crippen LogP contribution in [0.4, 0.5) is 4.79 Å². The lowest BCUT2D eigenvalue weighted by molar-refractivity contribution is 0.161. The van der Waals surface area contributed by atoms with Gasteiger partial charge >= 0.3 is 6.03 Å². The highest BCUT2D eigenvalue weighted by atomic mass is 32.2. The fraction of sp³-hybridized carbons (Fsp3) is 0.381. The molecule has 2 aromatic carbocycles. The lowest BCUT2D eigenvalue weighted by atomic mass is 9.88. The summed E-state index contributed by atoms with van der Waals surface area (Å²) in [5.41, 5.74) is 0.905. The summed E-state index contributed by atoms with van der Waals surface area (Å²) in [5.74, 6) is 0.722. The van der Waals surface area contributed by atoms with Crippen molar-refractivity contribution in [1.82, 2.24) is 14.1 Å².